The standard InChI is InChI=1S/C6H6N2O.C5H5N5.Na.H/c7-6(9)5-3-1-2-4-8-5;6-4-3-5(9-1-7-3)10-2-8-4;;/h1-4H,(H2,7,9);1-2H,(H3,6,7,8,9,10);;. The summed E-state index contributed by atoms with van der Waals surface area (Å²) in [5.74, 6) is -0.0816. The molecule has 9 heteroatoms. The number of rotatable bonds is 1. The summed E-state index contributed by atoms with van der Waals surface area (Å²) in [5, 5.41) is 0. The van der Waals surface area contributed by atoms with Crippen LogP contribution in [0.1, 0.15) is 10.5 Å². The average molecular weight is 281 g/mol. The molecule has 8 nitrogen and oxygen atoms in total. The fourth-order valence-corrected chi connectivity index (χ4v) is 1.29. The van der Waals surface area contributed by atoms with E-state index in [0.29, 0.717) is 22.7 Å². The second-order valence-electron chi connectivity index (χ2n) is 3.44. The molecular formula is C11H12N7NaO. The predicted molar refractivity (Wildman–Crippen MR) is 76.0 cm³/mol. The molecule has 0 aromatic carbocycles. The van der Waals surface area contributed by atoms with Crippen LogP contribution in [0.15, 0.2) is 37.1 Å². The van der Waals surface area contributed by atoms with Crippen LogP contribution in [-0.2, 0) is 0 Å². The zero-order chi connectivity index (χ0) is 13.7. The van der Waals surface area contributed by atoms with Gasteiger partial charge in [-0.3, -0.25) is 9.78 Å². The van der Waals surface area contributed by atoms with E-state index < -0.39 is 5.91 Å². The Hall–Kier alpha value is -2.03. The van der Waals surface area contributed by atoms with Gasteiger partial charge in [0, 0.05) is 6.20 Å². The maximum atomic E-state index is 10.4. The summed E-state index contributed by atoms with van der Waals surface area (Å²) in [6.07, 6.45) is 4.46. The Morgan fingerprint density at radius 3 is 2.50 bits per heavy atom. The van der Waals surface area contributed by atoms with Gasteiger partial charge < -0.3 is 16.5 Å². The molecule has 5 N–H and O–H groups in total. The molecule has 0 aliphatic carbocycles. The summed E-state index contributed by atoms with van der Waals surface area (Å²) in [5.41, 5.74) is 12.0. The molecule has 0 unspecified atom stereocenters. The van der Waals surface area contributed by atoms with E-state index in [1.807, 2.05) is 0 Å². The van der Waals surface area contributed by atoms with Crippen molar-refractivity contribution < 1.29 is 4.79 Å². The van der Waals surface area contributed by atoms with E-state index in [1.54, 1.807) is 18.2 Å². The van der Waals surface area contributed by atoms with Crippen molar-refractivity contribution in [1.82, 2.24) is 24.9 Å². The van der Waals surface area contributed by atoms with Gasteiger partial charge in [0.05, 0.1) is 6.33 Å². The summed E-state index contributed by atoms with van der Waals surface area (Å²) >= 11 is 0. The van der Waals surface area contributed by atoms with Crippen molar-refractivity contribution in [3.8, 4) is 0 Å². The molecule has 0 aliphatic rings. The Labute approximate surface area is 136 Å². The number of H-pyrrole nitrogens is 1. The van der Waals surface area contributed by atoms with E-state index in [-0.39, 0.29) is 29.6 Å². The molecule has 0 fully saturated rings. The summed E-state index contributed by atoms with van der Waals surface area (Å²) < 4.78 is 0. The second-order valence-corrected chi connectivity index (χ2v) is 3.44. The van der Waals surface area contributed by atoms with Crippen molar-refractivity contribution in [2.24, 2.45) is 5.73 Å². The van der Waals surface area contributed by atoms with Crippen LogP contribution in [0.25, 0.3) is 11.2 Å². The third-order valence-electron chi connectivity index (χ3n) is 2.16. The molecule has 0 spiro atoms. The Morgan fingerprint density at radius 1 is 1.15 bits per heavy atom. The Bertz CT molecular complexity index is 685. The maximum absolute atomic E-state index is 10.4. The Kier molecular flexibility index (Phi) is 6.04. The monoisotopic (exact) mass is 281 g/mol. The van der Waals surface area contributed by atoms with Gasteiger partial charge in [-0.2, -0.15) is 0 Å². The van der Waals surface area contributed by atoms with Crippen molar-refractivity contribution >= 4 is 52.4 Å². The number of aromatic amines is 1. The zero-order valence-corrected chi connectivity index (χ0v) is 9.82. The molecule has 1 amide bonds. The van der Waals surface area contributed by atoms with Gasteiger partial charge in [0.2, 0.25) is 0 Å². The normalized spacial score (nSPS) is 9.20. The van der Waals surface area contributed by atoms with E-state index in [2.05, 4.69) is 24.9 Å². The van der Waals surface area contributed by atoms with E-state index in [9.17, 15) is 4.79 Å². The summed E-state index contributed by atoms with van der Waals surface area (Å²) in [6.45, 7) is 0. The number of amides is 1. The number of anilines is 1. The van der Waals surface area contributed by atoms with Crippen LogP contribution in [0, 0.1) is 0 Å². The van der Waals surface area contributed by atoms with Crippen LogP contribution in [0.2, 0.25) is 0 Å². The van der Waals surface area contributed by atoms with Crippen molar-refractivity contribution in [2.75, 3.05) is 5.73 Å². The zero-order valence-electron chi connectivity index (χ0n) is 9.82. The van der Waals surface area contributed by atoms with Crippen LogP contribution < -0.4 is 11.5 Å². The number of hydrogen-bond acceptors (Lipinski definition) is 6. The van der Waals surface area contributed by atoms with E-state index in [1.165, 1.54) is 18.9 Å². The summed E-state index contributed by atoms with van der Waals surface area (Å²) in [7, 11) is 0. The van der Waals surface area contributed by atoms with Crippen molar-refractivity contribution in [3.05, 3.63) is 42.7 Å². The fraction of sp³-hybridized carbons (Fsp3) is 0. The number of fused-ring (bicyclic) bond motifs is 1. The van der Waals surface area contributed by atoms with Crippen molar-refractivity contribution in [1.29, 1.82) is 0 Å². The molecule has 0 aliphatic heterocycles. The van der Waals surface area contributed by atoms with Crippen molar-refractivity contribution in [2.45, 2.75) is 0 Å². The predicted octanol–water partition coefficient (Wildman–Crippen LogP) is -0.533. The van der Waals surface area contributed by atoms with Gasteiger partial charge in [0.1, 0.15) is 17.5 Å². The summed E-state index contributed by atoms with van der Waals surface area (Å²) in [4.78, 5) is 28.5. The van der Waals surface area contributed by atoms with Gasteiger partial charge >= 0.3 is 29.6 Å². The van der Waals surface area contributed by atoms with E-state index in [4.69, 9.17) is 11.5 Å². The minimum atomic E-state index is -0.490. The first-order chi connectivity index (χ1) is 9.18. The number of aromatic nitrogens is 5. The second kappa shape index (κ2) is 7.53. The van der Waals surface area contributed by atoms with Crippen LogP contribution in [0.5, 0.6) is 0 Å². The Morgan fingerprint density at radius 2 is 1.95 bits per heavy atom. The van der Waals surface area contributed by atoms with Crippen LogP contribution in [0.4, 0.5) is 5.82 Å². The number of nitrogens with zero attached hydrogens (tertiary/aromatic N) is 4. The first kappa shape index (κ1) is 16.0. The minimum absolute atomic E-state index is 0. The van der Waals surface area contributed by atoms with Crippen LogP contribution >= 0.6 is 0 Å². The van der Waals surface area contributed by atoms with Crippen molar-refractivity contribution in [3.63, 3.8) is 0 Å². The van der Waals surface area contributed by atoms with E-state index >= 15 is 0 Å². The number of nitrogens with one attached hydrogen (secondary N) is 1. The molecule has 0 atom stereocenters. The number of imidazole rings is 1. The summed E-state index contributed by atoms with van der Waals surface area (Å²) in [6, 6.07) is 5.02. The third-order valence-corrected chi connectivity index (χ3v) is 2.16. The first-order valence-electron chi connectivity index (χ1n) is 5.29. The topological polar surface area (TPSA) is 136 Å². The molecule has 3 aromatic rings. The molecule has 3 heterocycles. The van der Waals surface area contributed by atoms with Gasteiger partial charge in [-0.1, -0.05) is 6.07 Å². The third kappa shape index (κ3) is 3.98. The van der Waals surface area contributed by atoms with Gasteiger partial charge in [-0.05, 0) is 12.1 Å². The van der Waals surface area contributed by atoms with Crippen LogP contribution in [0.3, 0.4) is 0 Å². The van der Waals surface area contributed by atoms with Gasteiger partial charge in [0.15, 0.2) is 11.5 Å². The average Bonchev–Trinajstić information content (AvgIpc) is 2.90. The molecule has 0 saturated heterocycles. The number of nitrogens with two attached hydrogens (primary N) is 2. The number of nitrogen functional groups attached to an aromatic ring is 1. The van der Waals surface area contributed by atoms with Gasteiger partial charge in [-0.25, -0.2) is 15.0 Å². The molecule has 3 rings (SSSR count). The molecule has 0 saturated carbocycles. The molecule has 3 aromatic heterocycles. The molecule has 0 bridgehead atoms. The molecule has 0 radical (unpaired) electrons. The number of hydrogen-bond donors (Lipinski definition) is 3. The molecular weight excluding hydrogens is 269 g/mol. The number of carbonyl (C=O) groups is 1. The molecule has 98 valence electrons. The fourth-order valence-electron chi connectivity index (χ4n) is 1.29. The number of pyridine rings is 1. The first-order valence-corrected chi connectivity index (χ1v) is 5.29. The van der Waals surface area contributed by atoms with Gasteiger partial charge in [-0.15, -0.1) is 0 Å². The molecule has 20 heavy (non-hydrogen) atoms. The SMILES string of the molecule is NC(=O)c1ccccn1.Nc1ncnc2[nH]cnc12.[NaH]. The van der Waals surface area contributed by atoms with Crippen LogP contribution in [-0.4, -0.2) is 60.4 Å². The van der Waals surface area contributed by atoms with E-state index in [0.717, 1.165) is 0 Å². The van der Waals surface area contributed by atoms with Gasteiger partial charge in [0.25, 0.3) is 5.91 Å². The quantitative estimate of drug-likeness (QED) is 0.513. The number of primary amides is 1. The Balaban J connectivity index is 0.000000192. The number of carbonyl (C=O) groups excluding carboxylic acids is 1.